The van der Waals surface area contributed by atoms with Crippen LogP contribution in [0.2, 0.25) is 5.02 Å². The SMILES string of the molecule is C=CC[C@@](OCc1ccccc1)(c1nnc(-c2ncc(C(F)(F)F)c(Cl)c2[N+](=O)[O-])o1)C(F)(F)F. The predicted molar refractivity (Wildman–Crippen MR) is 108 cm³/mol. The van der Waals surface area contributed by atoms with Crippen molar-refractivity contribution in [3.63, 3.8) is 0 Å². The molecule has 0 radical (unpaired) electrons. The number of halogens is 7. The maximum Gasteiger partial charge on any atom is 0.426 e. The number of hydrogen-bond acceptors (Lipinski definition) is 7. The lowest BCUT2D eigenvalue weighted by Crippen LogP contribution is -2.45. The number of benzene rings is 1. The molecule has 0 aliphatic carbocycles. The summed E-state index contributed by atoms with van der Waals surface area (Å²) in [4.78, 5) is 13.4. The largest absolute Gasteiger partial charge is 0.426 e. The van der Waals surface area contributed by atoms with E-state index in [4.69, 9.17) is 20.8 Å². The minimum atomic E-state index is -5.14. The molecule has 2 heterocycles. The molecule has 1 aromatic carbocycles. The molecule has 3 rings (SSSR count). The van der Waals surface area contributed by atoms with Crippen LogP contribution in [0.1, 0.15) is 23.4 Å². The van der Waals surface area contributed by atoms with E-state index in [1.807, 2.05) is 0 Å². The first-order valence-electron chi connectivity index (χ1n) is 9.41. The van der Waals surface area contributed by atoms with Gasteiger partial charge in [0, 0.05) is 12.6 Å². The summed E-state index contributed by atoms with van der Waals surface area (Å²) in [6.45, 7) is 2.75. The Hall–Kier alpha value is -3.52. The van der Waals surface area contributed by atoms with Crippen LogP contribution in [-0.4, -0.2) is 26.3 Å². The highest BCUT2D eigenvalue weighted by Crippen LogP contribution is 2.47. The van der Waals surface area contributed by atoms with Crippen molar-refractivity contribution in [3.05, 3.63) is 81.3 Å². The molecule has 186 valence electrons. The van der Waals surface area contributed by atoms with Gasteiger partial charge in [-0.05, 0) is 5.56 Å². The zero-order valence-corrected chi connectivity index (χ0v) is 18.0. The lowest BCUT2D eigenvalue weighted by atomic mass is 9.98. The summed E-state index contributed by atoms with van der Waals surface area (Å²) in [7, 11) is 0. The number of pyridine rings is 1. The van der Waals surface area contributed by atoms with Gasteiger partial charge >= 0.3 is 18.0 Å². The topological polar surface area (TPSA) is 104 Å². The van der Waals surface area contributed by atoms with E-state index in [9.17, 15) is 36.5 Å². The molecule has 0 fully saturated rings. The summed E-state index contributed by atoms with van der Waals surface area (Å²) in [6.07, 6.45) is -10.1. The van der Waals surface area contributed by atoms with Gasteiger partial charge in [-0.1, -0.05) is 48.0 Å². The fourth-order valence-corrected chi connectivity index (χ4v) is 3.31. The van der Waals surface area contributed by atoms with Gasteiger partial charge in [0.25, 0.3) is 11.8 Å². The van der Waals surface area contributed by atoms with Crippen molar-refractivity contribution < 1.29 is 40.4 Å². The fourth-order valence-electron chi connectivity index (χ4n) is 2.99. The normalized spacial score (nSPS) is 13.9. The number of nitro groups is 1. The van der Waals surface area contributed by atoms with E-state index >= 15 is 0 Å². The molecule has 0 aliphatic rings. The molecule has 0 amide bonds. The van der Waals surface area contributed by atoms with Crippen LogP contribution < -0.4 is 0 Å². The molecule has 3 aromatic rings. The molecule has 35 heavy (non-hydrogen) atoms. The van der Waals surface area contributed by atoms with Crippen molar-refractivity contribution in [2.24, 2.45) is 0 Å². The molecule has 2 aromatic heterocycles. The van der Waals surface area contributed by atoms with Gasteiger partial charge in [0.05, 0.1) is 17.1 Å². The van der Waals surface area contributed by atoms with Crippen LogP contribution in [0.4, 0.5) is 32.0 Å². The van der Waals surface area contributed by atoms with Crippen LogP contribution in [0.3, 0.4) is 0 Å². The second kappa shape index (κ2) is 9.62. The third kappa shape index (κ3) is 5.12. The van der Waals surface area contributed by atoms with Gasteiger partial charge in [-0.15, -0.1) is 16.8 Å². The van der Waals surface area contributed by atoms with Crippen molar-refractivity contribution in [2.45, 2.75) is 31.0 Å². The van der Waals surface area contributed by atoms with Gasteiger partial charge in [-0.3, -0.25) is 10.1 Å². The highest BCUT2D eigenvalue weighted by atomic mass is 35.5. The van der Waals surface area contributed by atoms with Crippen LogP contribution in [0.25, 0.3) is 11.6 Å². The molecule has 1 atom stereocenters. The molecular formula is C20H13ClF6N4O4. The number of hydrogen-bond donors (Lipinski definition) is 0. The summed E-state index contributed by atoms with van der Waals surface area (Å²) in [5.41, 5.74) is -6.80. The Morgan fingerprint density at radius 3 is 2.34 bits per heavy atom. The molecule has 0 bridgehead atoms. The minimum absolute atomic E-state index is 0.168. The highest BCUT2D eigenvalue weighted by Gasteiger charge is 2.61. The van der Waals surface area contributed by atoms with E-state index in [1.54, 1.807) is 18.2 Å². The second-order valence-electron chi connectivity index (χ2n) is 6.94. The molecule has 0 N–H and O–H groups in total. The Morgan fingerprint density at radius 1 is 1.14 bits per heavy atom. The first-order valence-corrected chi connectivity index (χ1v) is 9.79. The highest BCUT2D eigenvalue weighted by molar-refractivity contribution is 6.34. The Labute approximate surface area is 197 Å². The molecule has 15 heteroatoms. The van der Waals surface area contributed by atoms with E-state index in [1.165, 1.54) is 12.1 Å². The maximum atomic E-state index is 14.2. The molecular weight excluding hydrogens is 510 g/mol. The standard InChI is InChI=1S/C20H13ClF6N4O4/c1-2-8-18(20(25,26)27,34-10-11-6-4-3-5-7-11)17-30-29-16(35-17)14-15(31(32)33)13(21)12(9-28-14)19(22,23)24/h2-7,9H,1,8,10H2/t18-/m1/s1. The quantitative estimate of drug-likeness (QED) is 0.149. The van der Waals surface area contributed by atoms with Crippen molar-refractivity contribution in [3.8, 4) is 11.6 Å². The first-order chi connectivity index (χ1) is 16.3. The van der Waals surface area contributed by atoms with Gasteiger partial charge < -0.3 is 9.15 Å². The van der Waals surface area contributed by atoms with Gasteiger partial charge in [0.15, 0.2) is 0 Å². The zero-order chi connectivity index (χ0) is 26.0. The van der Waals surface area contributed by atoms with E-state index in [-0.39, 0.29) is 6.20 Å². The van der Waals surface area contributed by atoms with E-state index in [0.717, 1.165) is 6.08 Å². The zero-order valence-electron chi connectivity index (χ0n) is 17.2. The number of ether oxygens (including phenoxy) is 1. The van der Waals surface area contributed by atoms with Crippen molar-refractivity contribution >= 4 is 17.3 Å². The third-order valence-electron chi connectivity index (χ3n) is 4.67. The van der Waals surface area contributed by atoms with Crippen molar-refractivity contribution in [2.75, 3.05) is 0 Å². The second-order valence-corrected chi connectivity index (χ2v) is 7.32. The van der Waals surface area contributed by atoms with Crippen LogP contribution in [0.15, 0.2) is 53.6 Å². The molecule has 0 unspecified atom stereocenters. The third-order valence-corrected chi connectivity index (χ3v) is 5.05. The van der Waals surface area contributed by atoms with E-state index in [2.05, 4.69) is 21.8 Å². The lowest BCUT2D eigenvalue weighted by molar-refractivity contribution is -0.384. The minimum Gasteiger partial charge on any atom is -0.415 e. The Morgan fingerprint density at radius 2 is 1.80 bits per heavy atom. The number of nitrogens with zero attached hydrogens (tertiary/aromatic N) is 4. The molecule has 0 saturated heterocycles. The van der Waals surface area contributed by atoms with Crippen LogP contribution in [0.5, 0.6) is 0 Å². The van der Waals surface area contributed by atoms with Crippen molar-refractivity contribution in [1.29, 1.82) is 0 Å². The van der Waals surface area contributed by atoms with Gasteiger partial charge in [-0.25, -0.2) is 4.98 Å². The summed E-state index contributed by atoms with van der Waals surface area (Å²) >= 11 is 5.57. The Bertz CT molecular complexity index is 1230. The van der Waals surface area contributed by atoms with Crippen LogP contribution in [0, 0.1) is 10.1 Å². The Balaban J connectivity index is 2.13. The molecule has 0 spiro atoms. The molecule has 0 aliphatic heterocycles. The van der Waals surface area contributed by atoms with Crippen LogP contribution in [-0.2, 0) is 23.1 Å². The van der Waals surface area contributed by atoms with Gasteiger partial charge in [0.1, 0.15) is 5.02 Å². The van der Waals surface area contributed by atoms with E-state index < -0.39 is 69.7 Å². The molecule has 8 nitrogen and oxygen atoms in total. The Kier molecular flexibility index (Phi) is 7.17. The van der Waals surface area contributed by atoms with Gasteiger partial charge in [-0.2, -0.15) is 26.3 Å². The summed E-state index contributed by atoms with van der Waals surface area (Å²) in [6, 6.07) is 7.80. The van der Waals surface area contributed by atoms with Gasteiger partial charge in [0.2, 0.25) is 11.3 Å². The fraction of sp³-hybridized carbons (Fsp3) is 0.250. The summed E-state index contributed by atoms with van der Waals surface area (Å²) < 4.78 is 92.2. The number of aromatic nitrogens is 3. The van der Waals surface area contributed by atoms with Crippen molar-refractivity contribution in [1.82, 2.24) is 15.2 Å². The van der Waals surface area contributed by atoms with Crippen LogP contribution >= 0.6 is 11.6 Å². The average Bonchev–Trinajstić information content (AvgIpc) is 3.25. The first kappa shape index (κ1) is 26.1. The summed E-state index contributed by atoms with van der Waals surface area (Å²) in [5, 5.41) is 16.7. The molecule has 0 saturated carbocycles. The van der Waals surface area contributed by atoms with E-state index in [0.29, 0.717) is 5.56 Å². The lowest BCUT2D eigenvalue weighted by Gasteiger charge is -2.31. The maximum absolute atomic E-state index is 14.2. The smallest absolute Gasteiger partial charge is 0.415 e. The monoisotopic (exact) mass is 522 g/mol. The predicted octanol–water partition coefficient (Wildman–Crippen LogP) is 6.26. The summed E-state index contributed by atoms with van der Waals surface area (Å²) in [5.74, 6) is -2.13. The average molecular weight is 523 g/mol. The number of alkyl halides is 6. The number of rotatable bonds is 8.